The third kappa shape index (κ3) is 4.66. The molecule has 0 fully saturated rings. The molecule has 1 heterocycles. The number of anilines is 1. The molecule has 0 unspecified atom stereocenters. The van der Waals surface area contributed by atoms with Gasteiger partial charge in [-0.05, 0) is 58.8 Å². The normalized spacial score (nSPS) is 11.4. The van der Waals surface area contributed by atoms with Crippen LogP contribution in [0.15, 0.2) is 87.8 Å². The zero-order valence-corrected chi connectivity index (χ0v) is 20.2. The zero-order chi connectivity index (χ0) is 24.5. The summed E-state index contributed by atoms with van der Waals surface area (Å²) in [6, 6.07) is 21.4. The number of carbonyl (C=O) groups is 1. The molecular formula is C26H15BrClN3O4. The van der Waals surface area contributed by atoms with E-state index in [4.69, 9.17) is 16.0 Å². The van der Waals surface area contributed by atoms with Crippen molar-refractivity contribution in [1.82, 2.24) is 4.98 Å². The molecule has 0 radical (unpaired) electrons. The van der Waals surface area contributed by atoms with E-state index in [0.29, 0.717) is 28.2 Å². The predicted molar refractivity (Wildman–Crippen MR) is 140 cm³/mol. The Labute approximate surface area is 212 Å². The molecule has 0 bridgehead atoms. The van der Waals surface area contributed by atoms with Gasteiger partial charge in [0.15, 0.2) is 5.58 Å². The molecule has 1 amide bonds. The van der Waals surface area contributed by atoms with Crippen LogP contribution in [-0.2, 0) is 4.79 Å². The second-order valence-corrected chi connectivity index (χ2v) is 8.89. The van der Waals surface area contributed by atoms with Crippen molar-refractivity contribution in [2.24, 2.45) is 0 Å². The number of halogens is 2. The maximum absolute atomic E-state index is 12.4. The van der Waals surface area contributed by atoms with Gasteiger partial charge in [0.25, 0.3) is 5.69 Å². The number of amides is 1. The molecule has 0 saturated heterocycles. The average Bonchev–Trinajstić information content (AvgIpc) is 3.26. The SMILES string of the molecule is O=C(C=Cc1ccc(Cl)c([N+](=O)[O-])c1)Nc1ccc2oc(-c3cccc4c(Br)cccc34)nc2c1. The molecule has 0 spiro atoms. The van der Waals surface area contributed by atoms with Crippen LogP contribution in [0.1, 0.15) is 5.56 Å². The third-order valence-electron chi connectivity index (χ3n) is 5.35. The number of nitrogens with one attached hydrogen (secondary N) is 1. The van der Waals surface area contributed by atoms with Gasteiger partial charge in [0, 0.05) is 27.9 Å². The molecule has 0 aliphatic carbocycles. The minimum absolute atomic E-state index is 0.0352. The molecule has 5 rings (SSSR count). The molecule has 35 heavy (non-hydrogen) atoms. The fourth-order valence-corrected chi connectivity index (χ4v) is 4.39. The highest BCUT2D eigenvalue weighted by atomic mass is 79.9. The predicted octanol–water partition coefficient (Wildman–Crippen LogP) is 7.62. The van der Waals surface area contributed by atoms with Gasteiger partial charge in [-0.3, -0.25) is 14.9 Å². The molecule has 4 aromatic carbocycles. The van der Waals surface area contributed by atoms with Gasteiger partial charge in [0.05, 0.1) is 4.92 Å². The Morgan fingerprint density at radius 2 is 1.86 bits per heavy atom. The molecule has 172 valence electrons. The van der Waals surface area contributed by atoms with Gasteiger partial charge < -0.3 is 9.73 Å². The van der Waals surface area contributed by atoms with Crippen LogP contribution in [0, 0.1) is 10.1 Å². The second kappa shape index (κ2) is 9.32. The minimum Gasteiger partial charge on any atom is -0.436 e. The molecule has 9 heteroatoms. The first-order chi connectivity index (χ1) is 16.9. The van der Waals surface area contributed by atoms with E-state index in [1.807, 2.05) is 36.4 Å². The summed E-state index contributed by atoms with van der Waals surface area (Å²) in [5, 5.41) is 15.9. The van der Waals surface area contributed by atoms with E-state index in [0.717, 1.165) is 20.8 Å². The number of oxazole rings is 1. The van der Waals surface area contributed by atoms with Crippen LogP contribution in [-0.4, -0.2) is 15.8 Å². The lowest BCUT2D eigenvalue weighted by molar-refractivity contribution is -0.384. The fraction of sp³-hybridized carbons (Fsp3) is 0. The first kappa shape index (κ1) is 22.8. The first-order valence-electron chi connectivity index (χ1n) is 10.4. The van der Waals surface area contributed by atoms with Crippen molar-refractivity contribution in [2.75, 3.05) is 5.32 Å². The standard InChI is InChI=1S/C26H15BrClN3O4/c27-20-6-2-3-17-18(20)4-1-5-19(17)26-30-22-14-16(9-11-24(22)35-26)29-25(32)12-8-15-7-10-21(28)23(13-15)31(33)34/h1-14H,(H,29,32). The summed E-state index contributed by atoms with van der Waals surface area (Å²) < 4.78 is 6.97. The number of carbonyl (C=O) groups excluding carboxylic acids is 1. The van der Waals surface area contributed by atoms with Crippen LogP contribution in [0.3, 0.4) is 0 Å². The molecule has 0 aliphatic rings. The van der Waals surface area contributed by atoms with E-state index in [1.165, 1.54) is 24.3 Å². The lowest BCUT2D eigenvalue weighted by Crippen LogP contribution is -2.07. The number of hydrogen-bond acceptors (Lipinski definition) is 5. The van der Waals surface area contributed by atoms with Gasteiger partial charge >= 0.3 is 0 Å². The quantitative estimate of drug-likeness (QED) is 0.138. The molecule has 1 aromatic heterocycles. The lowest BCUT2D eigenvalue weighted by Gasteiger charge is -2.04. The maximum atomic E-state index is 12.4. The summed E-state index contributed by atoms with van der Waals surface area (Å²) in [6.07, 6.45) is 2.77. The van der Waals surface area contributed by atoms with E-state index in [1.54, 1.807) is 24.3 Å². The number of hydrogen-bond donors (Lipinski definition) is 1. The Morgan fingerprint density at radius 1 is 1.06 bits per heavy atom. The van der Waals surface area contributed by atoms with Gasteiger partial charge in [-0.15, -0.1) is 0 Å². The van der Waals surface area contributed by atoms with Gasteiger partial charge in [0.2, 0.25) is 11.8 Å². The Morgan fingerprint density at radius 3 is 2.69 bits per heavy atom. The van der Waals surface area contributed by atoms with Crippen molar-refractivity contribution < 1.29 is 14.1 Å². The van der Waals surface area contributed by atoms with Crippen molar-refractivity contribution >= 4 is 72.8 Å². The number of nitrogens with zero attached hydrogens (tertiary/aromatic N) is 2. The number of benzene rings is 4. The summed E-state index contributed by atoms with van der Waals surface area (Å²) in [7, 11) is 0. The summed E-state index contributed by atoms with van der Waals surface area (Å²) in [4.78, 5) is 27.5. The van der Waals surface area contributed by atoms with E-state index in [9.17, 15) is 14.9 Å². The van der Waals surface area contributed by atoms with E-state index >= 15 is 0 Å². The topological polar surface area (TPSA) is 98.3 Å². The summed E-state index contributed by atoms with van der Waals surface area (Å²) >= 11 is 9.40. The molecular weight excluding hydrogens is 534 g/mol. The largest absolute Gasteiger partial charge is 0.436 e. The Kier molecular flexibility index (Phi) is 6.07. The number of aromatic nitrogens is 1. The minimum atomic E-state index is -0.571. The highest BCUT2D eigenvalue weighted by molar-refractivity contribution is 9.10. The van der Waals surface area contributed by atoms with Crippen molar-refractivity contribution in [2.45, 2.75) is 0 Å². The van der Waals surface area contributed by atoms with E-state index < -0.39 is 10.8 Å². The number of fused-ring (bicyclic) bond motifs is 2. The Bertz CT molecular complexity index is 1660. The van der Waals surface area contributed by atoms with Crippen LogP contribution in [0.2, 0.25) is 5.02 Å². The highest BCUT2D eigenvalue weighted by Gasteiger charge is 2.14. The van der Waals surface area contributed by atoms with Gasteiger partial charge in [-0.1, -0.05) is 57.9 Å². The highest BCUT2D eigenvalue weighted by Crippen LogP contribution is 2.34. The lowest BCUT2D eigenvalue weighted by atomic mass is 10.0. The molecule has 1 N–H and O–H groups in total. The zero-order valence-electron chi connectivity index (χ0n) is 17.9. The van der Waals surface area contributed by atoms with Crippen LogP contribution < -0.4 is 5.32 Å². The molecule has 0 atom stereocenters. The number of rotatable bonds is 5. The molecule has 7 nitrogen and oxygen atoms in total. The van der Waals surface area contributed by atoms with Crippen LogP contribution in [0.4, 0.5) is 11.4 Å². The molecule has 0 aliphatic heterocycles. The van der Waals surface area contributed by atoms with Crippen LogP contribution >= 0.6 is 27.5 Å². The van der Waals surface area contributed by atoms with Crippen molar-refractivity contribution in [3.8, 4) is 11.5 Å². The monoisotopic (exact) mass is 547 g/mol. The Hall–Kier alpha value is -4.01. The maximum Gasteiger partial charge on any atom is 0.288 e. The number of nitro groups is 1. The summed E-state index contributed by atoms with van der Waals surface area (Å²) in [6.45, 7) is 0. The van der Waals surface area contributed by atoms with Crippen molar-refractivity contribution in [3.63, 3.8) is 0 Å². The molecule has 0 saturated carbocycles. The van der Waals surface area contributed by atoms with Gasteiger partial charge in [-0.25, -0.2) is 4.98 Å². The third-order valence-corrected chi connectivity index (χ3v) is 6.36. The van der Waals surface area contributed by atoms with Crippen molar-refractivity contribution in [1.29, 1.82) is 0 Å². The van der Waals surface area contributed by atoms with Gasteiger partial charge in [-0.2, -0.15) is 0 Å². The summed E-state index contributed by atoms with van der Waals surface area (Å²) in [5.41, 5.74) is 2.85. The summed E-state index contributed by atoms with van der Waals surface area (Å²) in [5.74, 6) is 0.0842. The van der Waals surface area contributed by atoms with Gasteiger partial charge in [0.1, 0.15) is 10.5 Å². The van der Waals surface area contributed by atoms with Crippen molar-refractivity contribution in [3.05, 3.63) is 104 Å². The Balaban J connectivity index is 1.38. The fourth-order valence-electron chi connectivity index (χ4n) is 3.71. The number of nitro benzene ring substituents is 1. The smallest absolute Gasteiger partial charge is 0.288 e. The molecule has 5 aromatic rings. The van der Waals surface area contributed by atoms with Crippen LogP contribution in [0.5, 0.6) is 0 Å². The van der Waals surface area contributed by atoms with Crippen LogP contribution in [0.25, 0.3) is 39.4 Å². The second-order valence-electron chi connectivity index (χ2n) is 7.63. The first-order valence-corrected chi connectivity index (χ1v) is 11.6. The van der Waals surface area contributed by atoms with E-state index in [-0.39, 0.29) is 10.7 Å². The average molecular weight is 549 g/mol. The van der Waals surface area contributed by atoms with E-state index in [2.05, 4.69) is 26.2 Å².